The maximum absolute atomic E-state index is 9.85. The molecule has 1 aliphatic rings. The van der Waals surface area contributed by atoms with Crippen LogP contribution in [0, 0.1) is 0 Å². The Morgan fingerprint density at radius 2 is 1.89 bits per heavy atom. The Morgan fingerprint density at radius 1 is 1.26 bits per heavy atom. The minimum Gasteiger partial charge on any atom is -0.397 e. The van der Waals surface area contributed by atoms with Crippen LogP contribution >= 0.6 is 15.9 Å². The fourth-order valence-corrected chi connectivity index (χ4v) is 2.89. The summed E-state index contributed by atoms with van der Waals surface area (Å²) in [6, 6.07) is 6.03. The zero-order chi connectivity index (χ0) is 14.0. The smallest absolute Gasteiger partial charge is 0.0718 e. The molecule has 1 aromatic carbocycles. The predicted molar refractivity (Wildman–Crippen MR) is 83.5 cm³/mol. The maximum atomic E-state index is 9.85. The van der Waals surface area contributed by atoms with Crippen LogP contribution in [0.15, 0.2) is 22.7 Å². The number of anilines is 2. The summed E-state index contributed by atoms with van der Waals surface area (Å²) in [7, 11) is 0. The lowest BCUT2D eigenvalue weighted by Crippen LogP contribution is -2.50. The minimum absolute atomic E-state index is 0.626. The first kappa shape index (κ1) is 14.6. The van der Waals surface area contributed by atoms with Crippen LogP contribution in [0.3, 0.4) is 0 Å². The van der Waals surface area contributed by atoms with Crippen molar-refractivity contribution in [2.45, 2.75) is 19.4 Å². The number of nitrogens with two attached hydrogens (primary N) is 1. The molecule has 1 heterocycles. The molecule has 0 bridgehead atoms. The number of benzene rings is 1. The van der Waals surface area contributed by atoms with Gasteiger partial charge in [0.05, 0.1) is 17.0 Å². The number of nitrogen functional groups attached to an aromatic ring is 1. The molecule has 1 saturated heterocycles. The van der Waals surface area contributed by atoms with Gasteiger partial charge in [-0.1, -0.05) is 15.9 Å². The number of rotatable bonds is 3. The molecule has 19 heavy (non-hydrogen) atoms. The van der Waals surface area contributed by atoms with E-state index in [4.69, 9.17) is 5.73 Å². The quantitative estimate of drug-likeness (QED) is 0.833. The van der Waals surface area contributed by atoms with Crippen molar-refractivity contribution in [3.8, 4) is 0 Å². The van der Waals surface area contributed by atoms with Crippen LogP contribution in [0.5, 0.6) is 0 Å². The van der Waals surface area contributed by atoms with Gasteiger partial charge in [-0.25, -0.2) is 0 Å². The summed E-state index contributed by atoms with van der Waals surface area (Å²) in [6.07, 6.45) is 0. The zero-order valence-electron chi connectivity index (χ0n) is 11.6. The lowest BCUT2D eigenvalue weighted by atomic mass is 10.1. The second-order valence-electron chi connectivity index (χ2n) is 5.78. The summed E-state index contributed by atoms with van der Waals surface area (Å²) in [5.41, 5.74) is 7.35. The van der Waals surface area contributed by atoms with Gasteiger partial charge in [-0.15, -0.1) is 0 Å². The third-order valence-corrected chi connectivity index (χ3v) is 3.81. The molecule has 5 heteroatoms. The highest BCUT2D eigenvalue weighted by molar-refractivity contribution is 9.10. The van der Waals surface area contributed by atoms with E-state index in [1.165, 1.54) is 0 Å². The molecule has 0 atom stereocenters. The zero-order valence-corrected chi connectivity index (χ0v) is 13.2. The molecular weight excluding hydrogens is 306 g/mol. The largest absolute Gasteiger partial charge is 0.397 e. The topological polar surface area (TPSA) is 52.7 Å². The van der Waals surface area contributed by atoms with Gasteiger partial charge in [0, 0.05) is 37.2 Å². The monoisotopic (exact) mass is 327 g/mol. The van der Waals surface area contributed by atoms with Gasteiger partial charge in [0.15, 0.2) is 0 Å². The molecule has 0 saturated carbocycles. The number of hydrogen-bond acceptors (Lipinski definition) is 4. The fourth-order valence-electron chi connectivity index (χ4n) is 2.51. The first-order valence-electron chi connectivity index (χ1n) is 6.60. The van der Waals surface area contributed by atoms with Gasteiger partial charge >= 0.3 is 0 Å². The van der Waals surface area contributed by atoms with E-state index in [2.05, 4.69) is 31.8 Å². The van der Waals surface area contributed by atoms with E-state index in [1.54, 1.807) is 0 Å². The van der Waals surface area contributed by atoms with E-state index in [0.29, 0.717) is 0 Å². The second-order valence-corrected chi connectivity index (χ2v) is 6.69. The number of hydrogen-bond donors (Lipinski definition) is 2. The second kappa shape index (κ2) is 5.69. The van der Waals surface area contributed by atoms with Crippen molar-refractivity contribution in [2.75, 3.05) is 43.4 Å². The highest BCUT2D eigenvalue weighted by Gasteiger charge is 2.23. The van der Waals surface area contributed by atoms with Crippen LogP contribution in [0.2, 0.25) is 0 Å². The Bertz CT molecular complexity index is 437. The SMILES string of the molecule is CC(C)(O)CN1CCN(c2ccc(Br)cc2N)CC1. The Morgan fingerprint density at radius 3 is 2.42 bits per heavy atom. The van der Waals surface area contributed by atoms with Gasteiger partial charge in [0.2, 0.25) is 0 Å². The van der Waals surface area contributed by atoms with Crippen LogP contribution < -0.4 is 10.6 Å². The summed E-state index contributed by atoms with van der Waals surface area (Å²) < 4.78 is 1.01. The summed E-state index contributed by atoms with van der Waals surface area (Å²) >= 11 is 3.43. The normalized spacial score (nSPS) is 17.8. The number of halogens is 1. The molecule has 1 aliphatic heterocycles. The van der Waals surface area contributed by atoms with Crippen LogP contribution in [-0.2, 0) is 0 Å². The van der Waals surface area contributed by atoms with Crippen LogP contribution in [0.25, 0.3) is 0 Å². The van der Waals surface area contributed by atoms with E-state index >= 15 is 0 Å². The average Bonchev–Trinajstić information content (AvgIpc) is 2.28. The van der Waals surface area contributed by atoms with Gasteiger partial charge < -0.3 is 15.7 Å². The van der Waals surface area contributed by atoms with Crippen LogP contribution in [0.4, 0.5) is 11.4 Å². The number of piperazine rings is 1. The molecule has 4 nitrogen and oxygen atoms in total. The number of nitrogens with zero attached hydrogens (tertiary/aromatic N) is 2. The molecule has 0 amide bonds. The molecule has 0 unspecified atom stereocenters. The van der Waals surface area contributed by atoms with Gasteiger partial charge in [-0.05, 0) is 32.0 Å². The van der Waals surface area contributed by atoms with Gasteiger partial charge in [0.1, 0.15) is 0 Å². The Balaban J connectivity index is 1.96. The lowest BCUT2D eigenvalue weighted by Gasteiger charge is -2.38. The molecule has 0 spiro atoms. The molecule has 106 valence electrons. The van der Waals surface area contributed by atoms with E-state index in [9.17, 15) is 5.11 Å². The van der Waals surface area contributed by atoms with Crippen LogP contribution in [0.1, 0.15) is 13.8 Å². The molecular formula is C14H22BrN3O. The summed E-state index contributed by atoms with van der Waals surface area (Å²) in [5, 5.41) is 9.85. The van der Waals surface area contributed by atoms with E-state index in [-0.39, 0.29) is 0 Å². The van der Waals surface area contributed by atoms with Crippen molar-refractivity contribution < 1.29 is 5.11 Å². The minimum atomic E-state index is -0.626. The highest BCUT2D eigenvalue weighted by Crippen LogP contribution is 2.27. The van der Waals surface area contributed by atoms with Crippen molar-refractivity contribution in [3.63, 3.8) is 0 Å². The van der Waals surface area contributed by atoms with Crippen molar-refractivity contribution in [1.82, 2.24) is 4.90 Å². The number of aliphatic hydroxyl groups is 1. The van der Waals surface area contributed by atoms with Crippen molar-refractivity contribution in [1.29, 1.82) is 0 Å². The van der Waals surface area contributed by atoms with Gasteiger partial charge in [0.25, 0.3) is 0 Å². The number of β-amino-alcohol motifs (C(OH)–C–C–N with tert-alkyl or cyclic N) is 1. The molecule has 0 aromatic heterocycles. The van der Waals surface area contributed by atoms with Crippen molar-refractivity contribution in [3.05, 3.63) is 22.7 Å². The Kier molecular flexibility index (Phi) is 4.38. The lowest BCUT2D eigenvalue weighted by molar-refractivity contribution is 0.0345. The van der Waals surface area contributed by atoms with E-state index in [1.807, 2.05) is 26.0 Å². The molecule has 0 aliphatic carbocycles. The predicted octanol–water partition coefficient (Wildman–Crippen LogP) is 1.92. The molecule has 2 rings (SSSR count). The Labute approximate surface area is 123 Å². The van der Waals surface area contributed by atoms with E-state index < -0.39 is 5.60 Å². The summed E-state index contributed by atoms with van der Waals surface area (Å²) in [4.78, 5) is 4.61. The maximum Gasteiger partial charge on any atom is 0.0718 e. The van der Waals surface area contributed by atoms with Gasteiger partial charge in [-0.3, -0.25) is 4.90 Å². The third kappa shape index (κ3) is 4.09. The van der Waals surface area contributed by atoms with E-state index in [0.717, 1.165) is 48.6 Å². The van der Waals surface area contributed by atoms with Gasteiger partial charge in [-0.2, -0.15) is 0 Å². The first-order chi connectivity index (χ1) is 8.85. The molecule has 3 N–H and O–H groups in total. The van der Waals surface area contributed by atoms with Crippen LogP contribution in [-0.4, -0.2) is 48.3 Å². The van der Waals surface area contributed by atoms with Crippen molar-refractivity contribution in [2.24, 2.45) is 0 Å². The average molecular weight is 328 g/mol. The molecule has 1 fully saturated rings. The summed E-state index contributed by atoms with van der Waals surface area (Å²) in [6.45, 7) is 8.23. The Hall–Kier alpha value is -0.780. The molecule has 1 aromatic rings. The standard InChI is InChI=1S/C14H22BrN3O/c1-14(2,19)10-17-5-7-18(8-6-17)13-4-3-11(15)9-12(13)16/h3-4,9,19H,5-8,10,16H2,1-2H3. The summed E-state index contributed by atoms with van der Waals surface area (Å²) in [5.74, 6) is 0. The fraction of sp³-hybridized carbons (Fsp3) is 0.571. The third-order valence-electron chi connectivity index (χ3n) is 3.31. The highest BCUT2D eigenvalue weighted by atomic mass is 79.9. The molecule has 0 radical (unpaired) electrons. The van der Waals surface area contributed by atoms with Crippen molar-refractivity contribution >= 4 is 27.3 Å². The first-order valence-corrected chi connectivity index (χ1v) is 7.39.